The number of hydrogen-bond acceptors (Lipinski definition) is 4. The Morgan fingerprint density at radius 1 is 0.941 bits per heavy atom. The Hall–Kier alpha value is -0.506. The van der Waals surface area contributed by atoms with Gasteiger partial charge in [-0.15, -0.1) is 0 Å². The minimum atomic E-state index is -1.23. The molecule has 0 aromatic carbocycles. The Morgan fingerprint density at radius 2 is 1.24 bits per heavy atom. The summed E-state index contributed by atoms with van der Waals surface area (Å²) in [6.07, 6.45) is 0.296. The van der Waals surface area contributed by atoms with Crippen molar-refractivity contribution in [1.29, 1.82) is 0 Å². The van der Waals surface area contributed by atoms with Crippen molar-refractivity contribution in [3.8, 4) is 0 Å². The monoisotopic (exact) mass is 277 g/mol. The average molecular weight is 277 g/mol. The van der Waals surface area contributed by atoms with Crippen LogP contribution in [0.1, 0.15) is 12.8 Å². The molecule has 0 saturated carbocycles. The lowest BCUT2D eigenvalue weighted by Gasteiger charge is -2.27. The van der Waals surface area contributed by atoms with Crippen molar-refractivity contribution in [2.45, 2.75) is 52.1 Å². The summed E-state index contributed by atoms with van der Waals surface area (Å²) in [6.45, 7) is 13.4. The fourth-order valence-electron chi connectivity index (χ4n) is 1.48. The first kappa shape index (κ1) is 16.5. The van der Waals surface area contributed by atoms with E-state index < -0.39 is 28.4 Å². The number of carbonyl (C=O) groups is 2. The number of hydroxylamine groups is 2. The summed E-state index contributed by atoms with van der Waals surface area (Å²) in [5, 5.41) is 8.57. The van der Waals surface area contributed by atoms with E-state index in [1.807, 2.05) is 0 Å². The van der Waals surface area contributed by atoms with E-state index in [9.17, 15) is 9.59 Å². The molecule has 0 spiro atoms. The molecule has 1 fully saturated rings. The van der Waals surface area contributed by atoms with Crippen molar-refractivity contribution in [3.63, 3.8) is 0 Å². The molecule has 0 aliphatic carbocycles. The summed E-state index contributed by atoms with van der Waals surface area (Å²) in [5.74, 6) is -1.01. The molecule has 1 saturated heterocycles. The van der Waals surface area contributed by atoms with E-state index in [1.165, 1.54) is 0 Å². The number of nitrogens with zero attached hydrogens (tertiary/aromatic N) is 1. The zero-order valence-electron chi connectivity index (χ0n) is 11.5. The van der Waals surface area contributed by atoms with E-state index in [1.54, 1.807) is 0 Å². The first-order valence-corrected chi connectivity index (χ1v) is 12.5. The van der Waals surface area contributed by atoms with Gasteiger partial charge in [0.05, 0.1) is 0 Å². The molecule has 1 aliphatic rings. The normalized spacial score (nSPS) is 17.0. The number of rotatable bonds is 2. The van der Waals surface area contributed by atoms with Crippen LogP contribution in [-0.2, 0) is 13.7 Å². The molecule has 1 rings (SSSR count). The molecule has 100 valence electrons. The van der Waals surface area contributed by atoms with Crippen LogP contribution in [0.5, 0.6) is 0 Å². The summed E-state index contributed by atoms with van der Waals surface area (Å²) in [4.78, 5) is 20.5. The maximum atomic E-state index is 10.2. The van der Waals surface area contributed by atoms with Gasteiger partial charge in [0, 0.05) is 12.8 Å². The molecule has 0 radical (unpaired) electrons. The smallest absolute Gasteiger partial charge is 0.253 e. The van der Waals surface area contributed by atoms with E-state index in [0.717, 1.165) is 0 Å². The highest BCUT2D eigenvalue weighted by atomic mass is 28.4. The SMILES string of the molecule is C[Si](C)(C)O[Si](C)(C)C.O=C1CCC(=O)N1O. The Balaban J connectivity index is 0.000000302. The van der Waals surface area contributed by atoms with E-state index in [4.69, 9.17) is 9.32 Å². The zero-order valence-corrected chi connectivity index (χ0v) is 13.5. The maximum absolute atomic E-state index is 10.2. The fraction of sp³-hybridized carbons (Fsp3) is 0.800. The quantitative estimate of drug-likeness (QED) is 0.477. The molecule has 0 unspecified atom stereocenters. The predicted molar refractivity (Wildman–Crippen MR) is 70.7 cm³/mol. The van der Waals surface area contributed by atoms with Crippen LogP contribution in [0, 0.1) is 0 Å². The predicted octanol–water partition coefficient (Wildman–Crippen LogP) is 2.20. The van der Waals surface area contributed by atoms with Crippen LogP contribution in [0.25, 0.3) is 0 Å². The van der Waals surface area contributed by atoms with E-state index >= 15 is 0 Å². The zero-order chi connectivity index (χ0) is 13.9. The van der Waals surface area contributed by atoms with E-state index in [0.29, 0.717) is 0 Å². The summed E-state index contributed by atoms with van der Waals surface area (Å²) in [5.41, 5.74) is 0. The number of imide groups is 1. The molecule has 0 bridgehead atoms. The van der Waals surface area contributed by atoms with Gasteiger partial charge in [0.1, 0.15) is 0 Å². The second-order valence-electron chi connectivity index (χ2n) is 5.93. The lowest BCUT2D eigenvalue weighted by Crippen LogP contribution is -2.39. The highest BCUT2D eigenvalue weighted by Gasteiger charge is 2.26. The van der Waals surface area contributed by atoms with Crippen LogP contribution in [-0.4, -0.2) is 38.7 Å². The molecular formula is C10H23NO4Si2. The van der Waals surface area contributed by atoms with Crippen LogP contribution in [0.3, 0.4) is 0 Å². The molecule has 0 aromatic heterocycles. The molecule has 17 heavy (non-hydrogen) atoms. The van der Waals surface area contributed by atoms with Crippen molar-refractivity contribution in [2.75, 3.05) is 0 Å². The van der Waals surface area contributed by atoms with Gasteiger partial charge < -0.3 is 4.12 Å². The third-order valence-corrected chi connectivity index (χ3v) is 6.54. The molecule has 0 atom stereocenters. The maximum Gasteiger partial charge on any atom is 0.253 e. The standard InChI is InChI=1S/C6H18OSi2.C4H5NO3/c1-8(2,3)7-9(4,5)6;6-3-1-2-4(7)5(3)8/h1-6H3;8H,1-2H2. The lowest BCUT2D eigenvalue weighted by molar-refractivity contribution is -0.171. The fourth-order valence-corrected chi connectivity index (χ4v) is 8.83. The molecule has 1 heterocycles. The number of amides is 2. The summed E-state index contributed by atoms with van der Waals surface area (Å²) in [6, 6.07) is 0. The van der Waals surface area contributed by atoms with Crippen LogP contribution < -0.4 is 0 Å². The van der Waals surface area contributed by atoms with Gasteiger partial charge >= 0.3 is 0 Å². The Kier molecular flexibility index (Phi) is 5.72. The van der Waals surface area contributed by atoms with Gasteiger partial charge in [-0.3, -0.25) is 14.8 Å². The molecular weight excluding hydrogens is 254 g/mol. The summed E-state index contributed by atoms with van der Waals surface area (Å²) < 4.78 is 5.90. The van der Waals surface area contributed by atoms with Crippen LogP contribution >= 0.6 is 0 Å². The lowest BCUT2D eigenvalue weighted by atomic mass is 10.4. The minimum absolute atomic E-state index is 0.148. The highest BCUT2D eigenvalue weighted by Crippen LogP contribution is 2.12. The topological polar surface area (TPSA) is 66.8 Å². The molecule has 7 heteroatoms. The van der Waals surface area contributed by atoms with Crippen LogP contribution in [0.2, 0.25) is 39.3 Å². The molecule has 1 N–H and O–H groups in total. The molecule has 2 amide bonds. The van der Waals surface area contributed by atoms with Gasteiger partial charge in [-0.25, -0.2) is 0 Å². The minimum Gasteiger partial charge on any atom is -0.456 e. The summed E-state index contributed by atoms with van der Waals surface area (Å²) >= 11 is 0. The van der Waals surface area contributed by atoms with Crippen molar-refractivity contribution >= 4 is 28.4 Å². The Bertz CT molecular complexity index is 266. The number of hydrogen-bond donors (Lipinski definition) is 1. The van der Waals surface area contributed by atoms with Crippen LogP contribution in [0.4, 0.5) is 0 Å². The van der Waals surface area contributed by atoms with Gasteiger partial charge in [0.2, 0.25) is 0 Å². The van der Waals surface area contributed by atoms with Crippen molar-refractivity contribution in [1.82, 2.24) is 5.06 Å². The average Bonchev–Trinajstić information content (AvgIpc) is 2.30. The Morgan fingerprint density at radius 3 is 1.29 bits per heavy atom. The van der Waals surface area contributed by atoms with Crippen molar-refractivity contribution in [2.24, 2.45) is 0 Å². The van der Waals surface area contributed by atoms with Crippen molar-refractivity contribution < 1.29 is 18.9 Å². The largest absolute Gasteiger partial charge is 0.456 e. The van der Waals surface area contributed by atoms with Gasteiger partial charge in [0.25, 0.3) is 11.8 Å². The van der Waals surface area contributed by atoms with Crippen LogP contribution in [0.15, 0.2) is 0 Å². The molecule has 5 nitrogen and oxygen atoms in total. The van der Waals surface area contributed by atoms with E-state index in [2.05, 4.69) is 39.3 Å². The third-order valence-electron chi connectivity index (χ3n) is 1.64. The van der Waals surface area contributed by atoms with E-state index in [-0.39, 0.29) is 17.9 Å². The second kappa shape index (κ2) is 5.90. The second-order valence-corrected chi connectivity index (χ2v) is 15.2. The van der Waals surface area contributed by atoms with Gasteiger partial charge in [-0.05, 0) is 39.3 Å². The number of carbonyl (C=O) groups excluding carboxylic acids is 2. The molecule has 0 aromatic rings. The highest BCUT2D eigenvalue weighted by molar-refractivity contribution is 6.83. The third kappa shape index (κ3) is 8.25. The Labute approximate surface area is 105 Å². The van der Waals surface area contributed by atoms with Gasteiger partial charge in [-0.1, -0.05) is 0 Å². The summed E-state index contributed by atoms with van der Waals surface area (Å²) in [7, 11) is -2.46. The van der Waals surface area contributed by atoms with Gasteiger partial charge in [0.15, 0.2) is 16.6 Å². The first-order chi connectivity index (χ1) is 7.42. The molecule has 1 aliphatic heterocycles. The van der Waals surface area contributed by atoms with Crippen molar-refractivity contribution in [3.05, 3.63) is 0 Å². The van der Waals surface area contributed by atoms with Gasteiger partial charge in [-0.2, -0.15) is 5.06 Å². The first-order valence-electron chi connectivity index (χ1n) is 5.67.